The normalized spacial score (nSPS) is 31.6. The van der Waals surface area contributed by atoms with Crippen molar-refractivity contribution in [2.45, 2.75) is 68.8 Å². The van der Waals surface area contributed by atoms with Crippen molar-refractivity contribution < 1.29 is 29.0 Å². The Morgan fingerprint density at radius 1 is 1.35 bits per heavy atom. The molecule has 2 amide bonds. The van der Waals surface area contributed by atoms with Gasteiger partial charge in [0, 0.05) is 17.9 Å². The number of alkyl halides is 1. The average molecular weight is 578 g/mol. The van der Waals surface area contributed by atoms with E-state index < -0.39 is 41.6 Å². The first kappa shape index (κ1) is 27.8. The molecule has 3 aliphatic rings. The number of aliphatic hydroxyl groups excluding tert-OH is 1. The average Bonchev–Trinajstić information content (AvgIpc) is 3.48. The van der Waals surface area contributed by atoms with Crippen LogP contribution in [0.3, 0.4) is 0 Å². The van der Waals surface area contributed by atoms with Crippen LogP contribution in [0.5, 0.6) is 0 Å². The smallest absolute Gasteiger partial charge is 0.312 e. The largest absolute Gasteiger partial charge is 0.466 e. The van der Waals surface area contributed by atoms with Crippen LogP contribution in [-0.4, -0.2) is 81.1 Å². The molecule has 3 fully saturated rings. The highest BCUT2D eigenvalue weighted by Crippen LogP contribution is 2.61. The van der Waals surface area contributed by atoms with Gasteiger partial charge in [0.2, 0.25) is 11.8 Å². The van der Waals surface area contributed by atoms with E-state index in [1.807, 2.05) is 44.2 Å². The first-order valence-corrected chi connectivity index (χ1v) is 14.0. The molecule has 9 heteroatoms. The third kappa shape index (κ3) is 4.63. The molecule has 37 heavy (non-hydrogen) atoms. The van der Waals surface area contributed by atoms with Gasteiger partial charge in [-0.3, -0.25) is 14.4 Å². The maximum atomic E-state index is 14.5. The summed E-state index contributed by atoms with van der Waals surface area (Å²) in [5.41, 5.74) is -0.246. The molecule has 1 unspecified atom stereocenters. The molecule has 1 spiro atoms. The predicted molar refractivity (Wildman–Crippen MR) is 142 cm³/mol. The van der Waals surface area contributed by atoms with Gasteiger partial charge in [-0.05, 0) is 24.8 Å². The number of likely N-dealkylation sites (tertiary alicyclic amines) is 1. The molecule has 1 aromatic carbocycles. The van der Waals surface area contributed by atoms with E-state index in [4.69, 9.17) is 9.47 Å². The van der Waals surface area contributed by atoms with Gasteiger partial charge in [0.15, 0.2) is 0 Å². The highest BCUT2D eigenvalue weighted by molar-refractivity contribution is 9.09. The summed E-state index contributed by atoms with van der Waals surface area (Å²) in [4.78, 5) is 44.8. The summed E-state index contributed by atoms with van der Waals surface area (Å²) in [5.74, 6) is -2.81. The van der Waals surface area contributed by atoms with Gasteiger partial charge in [-0.15, -0.1) is 6.58 Å². The van der Waals surface area contributed by atoms with Crippen LogP contribution in [0, 0.1) is 17.8 Å². The van der Waals surface area contributed by atoms with Gasteiger partial charge in [-0.1, -0.05) is 72.6 Å². The van der Waals surface area contributed by atoms with Gasteiger partial charge in [-0.2, -0.15) is 0 Å². The number of benzene rings is 1. The number of hydrogen-bond acceptors (Lipinski definition) is 6. The minimum Gasteiger partial charge on any atom is -0.466 e. The summed E-state index contributed by atoms with van der Waals surface area (Å²) in [6.45, 7) is 10.0. The molecule has 3 aliphatic heterocycles. The number of nitrogens with zero attached hydrogens (tertiary/aromatic N) is 2. The summed E-state index contributed by atoms with van der Waals surface area (Å²) in [6.07, 6.45) is 2.21. The van der Waals surface area contributed by atoms with Crippen LogP contribution in [0.1, 0.15) is 39.2 Å². The molecule has 8 nitrogen and oxygen atoms in total. The molecule has 0 radical (unpaired) electrons. The lowest BCUT2D eigenvalue weighted by molar-refractivity contribution is -0.157. The number of hydrogen-bond donors (Lipinski definition) is 1. The van der Waals surface area contributed by atoms with E-state index in [0.29, 0.717) is 19.4 Å². The van der Waals surface area contributed by atoms with Crippen LogP contribution >= 0.6 is 15.9 Å². The van der Waals surface area contributed by atoms with Gasteiger partial charge >= 0.3 is 5.97 Å². The first-order valence-electron chi connectivity index (χ1n) is 13.1. The van der Waals surface area contributed by atoms with Crippen LogP contribution < -0.4 is 0 Å². The first-order chi connectivity index (χ1) is 17.7. The Labute approximate surface area is 227 Å². The van der Waals surface area contributed by atoms with Crippen molar-refractivity contribution in [2.75, 3.05) is 19.8 Å². The lowest BCUT2D eigenvalue weighted by Crippen LogP contribution is -2.59. The van der Waals surface area contributed by atoms with E-state index in [2.05, 4.69) is 22.5 Å². The van der Waals surface area contributed by atoms with Crippen molar-refractivity contribution in [3.63, 3.8) is 0 Å². The Bertz CT molecular complexity index is 1020. The zero-order chi connectivity index (χ0) is 26.9. The van der Waals surface area contributed by atoms with Crippen molar-refractivity contribution in [2.24, 2.45) is 17.8 Å². The lowest BCUT2D eigenvalue weighted by Gasteiger charge is -2.41. The van der Waals surface area contributed by atoms with Gasteiger partial charge in [0.05, 0.1) is 37.2 Å². The molecule has 3 saturated heterocycles. The number of carbonyl (C=O) groups is 3. The summed E-state index contributed by atoms with van der Waals surface area (Å²) in [6, 6.07) is 8.06. The van der Waals surface area contributed by atoms with Crippen LogP contribution in [0.15, 0.2) is 43.0 Å². The molecule has 3 heterocycles. The topological polar surface area (TPSA) is 96.4 Å². The fraction of sp³-hybridized carbons (Fsp3) is 0.607. The SMILES string of the molecule is C=CCN(Cc1ccccc1)C(=O)[C@@H]1N([C@@H](CO)[C@@H](C)CC)C(=O)[C@H]2[C@H](C(=O)OCC)[C@H]3O[C@@]12CC3Br. The highest BCUT2D eigenvalue weighted by atomic mass is 79.9. The second-order valence-corrected chi connectivity index (χ2v) is 11.5. The summed E-state index contributed by atoms with van der Waals surface area (Å²) in [7, 11) is 0. The number of fused-ring (bicyclic) bond motifs is 1. The Kier molecular flexibility index (Phi) is 8.45. The molecule has 1 aromatic rings. The van der Waals surface area contributed by atoms with Crippen LogP contribution in [-0.2, 0) is 30.4 Å². The van der Waals surface area contributed by atoms with Crippen LogP contribution in [0.4, 0.5) is 0 Å². The molecule has 8 atom stereocenters. The van der Waals surface area contributed by atoms with Crippen molar-refractivity contribution >= 4 is 33.7 Å². The number of carbonyl (C=O) groups excluding carboxylic acids is 3. The van der Waals surface area contributed by atoms with Gasteiger partial charge < -0.3 is 24.4 Å². The molecule has 2 bridgehead atoms. The Morgan fingerprint density at radius 3 is 2.65 bits per heavy atom. The Hall–Kier alpha value is -2.23. The molecule has 0 aromatic heterocycles. The standard InChI is InChI=1S/C28H37BrN2O6/c1-5-13-30(15-18-11-9-8-10-12-18)26(34)24-28-14-19(29)23(37-28)21(27(35)36-7-3)22(28)25(33)31(24)20(16-32)17(4)6-2/h5,8-12,17,19-24,32H,1,6-7,13-16H2,2-4H3/t17-,19?,20-,21-,22+,23-,24-,28+/m0/s1. The Balaban J connectivity index is 1.81. The number of aliphatic hydroxyl groups is 1. The third-order valence-corrected chi connectivity index (χ3v) is 9.09. The van der Waals surface area contributed by atoms with E-state index in [0.717, 1.165) is 5.56 Å². The second kappa shape index (κ2) is 11.3. The van der Waals surface area contributed by atoms with E-state index in [1.54, 1.807) is 17.9 Å². The lowest BCUT2D eigenvalue weighted by atomic mass is 9.70. The molecular weight excluding hydrogens is 540 g/mol. The monoisotopic (exact) mass is 576 g/mol. The third-order valence-electron chi connectivity index (χ3n) is 8.24. The van der Waals surface area contributed by atoms with E-state index in [-0.39, 0.29) is 42.3 Å². The maximum Gasteiger partial charge on any atom is 0.312 e. The molecular formula is C28H37BrN2O6. The molecule has 0 aliphatic carbocycles. The van der Waals surface area contributed by atoms with Crippen molar-refractivity contribution in [1.82, 2.24) is 9.80 Å². The second-order valence-electron chi connectivity index (χ2n) is 10.3. The minimum atomic E-state index is -1.19. The number of halogens is 1. The van der Waals surface area contributed by atoms with E-state index in [9.17, 15) is 19.5 Å². The molecule has 4 rings (SSSR count). The minimum absolute atomic E-state index is 0.0699. The van der Waals surface area contributed by atoms with Gasteiger partial charge in [0.25, 0.3) is 0 Å². The quantitative estimate of drug-likeness (QED) is 0.247. The maximum absolute atomic E-state index is 14.5. The van der Waals surface area contributed by atoms with Crippen molar-refractivity contribution in [1.29, 1.82) is 0 Å². The van der Waals surface area contributed by atoms with E-state index >= 15 is 0 Å². The number of rotatable bonds is 11. The summed E-state index contributed by atoms with van der Waals surface area (Å²) >= 11 is 3.67. The van der Waals surface area contributed by atoms with E-state index in [1.165, 1.54) is 4.90 Å². The van der Waals surface area contributed by atoms with Crippen LogP contribution in [0.2, 0.25) is 0 Å². The number of amides is 2. The number of esters is 1. The summed E-state index contributed by atoms with van der Waals surface area (Å²) in [5, 5.41) is 10.4. The van der Waals surface area contributed by atoms with Crippen LogP contribution in [0.25, 0.3) is 0 Å². The Morgan fingerprint density at radius 2 is 2.05 bits per heavy atom. The zero-order valence-corrected chi connectivity index (χ0v) is 23.3. The molecule has 0 saturated carbocycles. The highest BCUT2D eigenvalue weighted by Gasteiger charge is 2.77. The predicted octanol–water partition coefficient (Wildman–Crippen LogP) is 2.92. The van der Waals surface area contributed by atoms with Crippen molar-refractivity contribution in [3.8, 4) is 0 Å². The zero-order valence-electron chi connectivity index (χ0n) is 21.7. The van der Waals surface area contributed by atoms with Gasteiger partial charge in [-0.25, -0.2) is 0 Å². The van der Waals surface area contributed by atoms with Gasteiger partial charge in [0.1, 0.15) is 11.6 Å². The number of ether oxygens (including phenoxy) is 2. The molecule has 202 valence electrons. The summed E-state index contributed by atoms with van der Waals surface area (Å²) < 4.78 is 11.9. The van der Waals surface area contributed by atoms with Crippen molar-refractivity contribution in [3.05, 3.63) is 48.6 Å². The fourth-order valence-corrected chi connectivity index (χ4v) is 7.33. The molecule has 1 N–H and O–H groups in total. The fourth-order valence-electron chi connectivity index (χ4n) is 6.39.